The molecule has 0 unspecified atom stereocenters. The standard InChI is InChI=1S/C26H28N4O3/c1-33-22-7-8-25-23(14-22)20(9-11-29-25)5-2-6-21-10-13-30(17-24(21)26(31)32)12-3-4-19-15-27-18-28-16-19/h7-9,11,14-16,18,21,24H,2,5-6,10,12-13,17H2,1H3,(H,31,32)/t21-,24+/m1/s1. The lowest BCUT2D eigenvalue weighted by Gasteiger charge is -2.35. The summed E-state index contributed by atoms with van der Waals surface area (Å²) in [6.07, 6.45) is 10.3. The molecular formula is C26H28N4O3. The van der Waals surface area contributed by atoms with Crippen molar-refractivity contribution < 1.29 is 14.6 Å². The zero-order valence-electron chi connectivity index (χ0n) is 18.8. The molecule has 0 amide bonds. The fourth-order valence-corrected chi connectivity index (χ4v) is 4.54. The lowest BCUT2D eigenvalue weighted by Crippen LogP contribution is -2.44. The number of aromatic nitrogens is 3. The Labute approximate surface area is 193 Å². The van der Waals surface area contributed by atoms with Crippen LogP contribution in [0.4, 0.5) is 0 Å². The van der Waals surface area contributed by atoms with Gasteiger partial charge in [0.25, 0.3) is 0 Å². The van der Waals surface area contributed by atoms with E-state index < -0.39 is 5.97 Å². The van der Waals surface area contributed by atoms with Gasteiger partial charge in [0.1, 0.15) is 12.1 Å². The highest BCUT2D eigenvalue weighted by molar-refractivity contribution is 5.83. The van der Waals surface area contributed by atoms with Crippen molar-refractivity contribution in [3.8, 4) is 17.6 Å². The number of methoxy groups -OCH3 is 1. The van der Waals surface area contributed by atoms with Crippen LogP contribution in [0, 0.1) is 23.7 Å². The quantitative estimate of drug-likeness (QED) is 0.559. The van der Waals surface area contributed by atoms with Gasteiger partial charge in [-0.3, -0.25) is 14.7 Å². The number of hydrogen-bond acceptors (Lipinski definition) is 6. The van der Waals surface area contributed by atoms with E-state index in [4.69, 9.17) is 4.74 Å². The third kappa shape index (κ3) is 5.85. The van der Waals surface area contributed by atoms with Crippen molar-refractivity contribution in [1.82, 2.24) is 19.9 Å². The molecule has 0 bridgehead atoms. The number of aryl methyl sites for hydroxylation is 1. The molecule has 0 spiro atoms. The van der Waals surface area contributed by atoms with Crippen LogP contribution in [0.5, 0.6) is 5.75 Å². The zero-order valence-corrected chi connectivity index (χ0v) is 18.8. The van der Waals surface area contributed by atoms with E-state index in [-0.39, 0.29) is 11.8 Å². The number of carbonyl (C=O) groups is 1. The summed E-state index contributed by atoms with van der Waals surface area (Å²) in [7, 11) is 1.66. The Morgan fingerprint density at radius 3 is 2.91 bits per heavy atom. The highest BCUT2D eigenvalue weighted by Gasteiger charge is 2.33. The van der Waals surface area contributed by atoms with Crippen LogP contribution in [0.1, 0.15) is 30.4 Å². The highest BCUT2D eigenvalue weighted by atomic mass is 16.5. The molecule has 1 aliphatic heterocycles. The maximum atomic E-state index is 12.0. The second-order valence-electron chi connectivity index (χ2n) is 8.40. The van der Waals surface area contributed by atoms with Gasteiger partial charge in [-0.2, -0.15) is 0 Å². The molecule has 3 heterocycles. The van der Waals surface area contributed by atoms with Crippen molar-refractivity contribution in [3.05, 3.63) is 60.3 Å². The Bertz CT molecular complexity index is 1160. The largest absolute Gasteiger partial charge is 0.497 e. The van der Waals surface area contributed by atoms with Crippen LogP contribution >= 0.6 is 0 Å². The molecule has 7 nitrogen and oxygen atoms in total. The Hall–Kier alpha value is -3.50. The first kappa shape index (κ1) is 22.7. The van der Waals surface area contributed by atoms with Crippen LogP contribution < -0.4 is 4.74 Å². The lowest BCUT2D eigenvalue weighted by molar-refractivity contribution is -0.146. The van der Waals surface area contributed by atoms with Gasteiger partial charge in [-0.15, -0.1) is 0 Å². The lowest BCUT2D eigenvalue weighted by atomic mass is 9.81. The van der Waals surface area contributed by atoms with Crippen molar-refractivity contribution >= 4 is 16.9 Å². The number of pyridine rings is 1. The van der Waals surface area contributed by atoms with Crippen LogP contribution in [0.3, 0.4) is 0 Å². The molecule has 0 saturated carbocycles. The molecule has 7 heteroatoms. The van der Waals surface area contributed by atoms with Crippen molar-refractivity contribution in [2.45, 2.75) is 25.7 Å². The summed E-state index contributed by atoms with van der Waals surface area (Å²) in [6.45, 7) is 1.95. The van der Waals surface area contributed by atoms with Gasteiger partial charge in [0.2, 0.25) is 0 Å². The molecule has 1 N–H and O–H groups in total. The minimum absolute atomic E-state index is 0.178. The summed E-state index contributed by atoms with van der Waals surface area (Å²) in [5.74, 6) is 6.08. The average Bonchev–Trinajstić information content (AvgIpc) is 2.85. The summed E-state index contributed by atoms with van der Waals surface area (Å²) < 4.78 is 5.37. The topological polar surface area (TPSA) is 88.4 Å². The second kappa shape index (κ2) is 10.9. The van der Waals surface area contributed by atoms with Gasteiger partial charge in [0.05, 0.1) is 30.7 Å². The Kier molecular flexibility index (Phi) is 7.48. The van der Waals surface area contributed by atoms with Gasteiger partial charge in [0.15, 0.2) is 0 Å². The average molecular weight is 445 g/mol. The third-order valence-corrected chi connectivity index (χ3v) is 6.31. The molecule has 170 valence electrons. The molecule has 0 aliphatic carbocycles. The predicted octanol–water partition coefficient (Wildman–Crippen LogP) is 3.43. The highest BCUT2D eigenvalue weighted by Crippen LogP contribution is 2.30. The molecule has 3 aromatic rings. The maximum Gasteiger partial charge on any atom is 0.308 e. The number of nitrogens with zero attached hydrogens (tertiary/aromatic N) is 4. The molecule has 1 saturated heterocycles. The van der Waals surface area contributed by atoms with Crippen molar-refractivity contribution in [3.63, 3.8) is 0 Å². The fourth-order valence-electron chi connectivity index (χ4n) is 4.54. The van der Waals surface area contributed by atoms with Gasteiger partial charge in [-0.1, -0.05) is 11.8 Å². The summed E-state index contributed by atoms with van der Waals surface area (Å²) in [5.41, 5.74) is 2.94. The predicted molar refractivity (Wildman–Crippen MR) is 126 cm³/mol. The van der Waals surface area contributed by atoms with Crippen LogP contribution in [0.15, 0.2) is 49.2 Å². The molecule has 1 fully saturated rings. The van der Waals surface area contributed by atoms with E-state index in [0.717, 1.165) is 54.4 Å². The summed E-state index contributed by atoms with van der Waals surface area (Å²) in [5, 5.41) is 10.9. The number of likely N-dealkylation sites (tertiary alicyclic amines) is 1. The number of rotatable bonds is 7. The minimum atomic E-state index is -0.715. The minimum Gasteiger partial charge on any atom is -0.497 e. The van der Waals surface area contributed by atoms with E-state index >= 15 is 0 Å². The molecule has 0 radical (unpaired) electrons. The van der Waals surface area contributed by atoms with Gasteiger partial charge in [-0.05, 0) is 68.0 Å². The van der Waals surface area contributed by atoms with Crippen molar-refractivity contribution in [2.24, 2.45) is 11.8 Å². The molecular weight excluding hydrogens is 416 g/mol. The maximum absolute atomic E-state index is 12.0. The summed E-state index contributed by atoms with van der Waals surface area (Å²) in [6, 6.07) is 7.97. The Morgan fingerprint density at radius 2 is 2.12 bits per heavy atom. The number of hydrogen-bond donors (Lipinski definition) is 1. The normalized spacial score (nSPS) is 18.5. The first-order valence-corrected chi connectivity index (χ1v) is 11.2. The second-order valence-corrected chi connectivity index (χ2v) is 8.40. The molecule has 33 heavy (non-hydrogen) atoms. The monoisotopic (exact) mass is 444 g/mol. The van der Waals surface area contributed by atoms with E-state index in [9.17, 15) is 9.90 Å². The number of carboxylic acid groups (broad SMARTS) is 1. The Balaban J connectivity index is 1.34. The van der Waals surface area contributed by atoms with E-state index in [1.54, 1.807) is 19.5 Å². The SMILES string of the molecule is COc1ccc2nccc(CCC[C@@H]3CCN(CC#Cc4cncnc4)C[C@@H]3C(=O)O)c2c1. The molecule has 2 atom stereocenters. The number of benzene rings is 1. The zero-order chi connectivity index (χ0) is 23.0. The Morgan fingerprint density at radius 1 is 1.27 bits per heavy atom. The van der Waals surface area contributed by atoms with Crippen LogP contribution in [0.25, 0.3) is 10.9 Å². The number of piperidine rings is 1. The molecule has 1 aliphatic rings. The number of fused-ring (bicyclic) bond motifs is 1. The number of ether oxygens (including phenoxy) is 1. The van der Waals surface area contributed by atoms with Crippen molar-refractivity contribution in [1.29, 1.82) is 0 Å². The molecule has 4 rings (SSSR count). The van der Waals surface area contributed by atoms with Crippen LogP contribution in [-0.2, 0) is 11.2 Å². The first-order chi connectivity index (χ1) is 16.1. The van der Waals surface area contributed by atoms with Gasteiger partial charge >= 0.3 is 5.97 Å². The first-order valence-electron chi connectivity index (χ1n) is 11.2. The number of carboxylic acids is 1. The van der Waals surface area contributed by atoms with E-state index in [1.807, 2.05) is 24.4 Å². The van der Waals surface area contributed by atoms with Gasteiger partial charge < -0.3 is 9.84 Å². The summed E-state index contributed by atoms with van der Waals surface area (Å²) in [4.78, 5) is 26.5. The third-order valence-electron chi connectivity index (χ3n) is 6.31. The van der Waals surface area contributed by atoms with Gasteiger partial charge in [0, 0.05) is 30.5 Å². The molecule has 2 aromatic heterocycles. The fraction of sp³-hybridized carbons (Fsp3) is 0.385. The molecule has 1 aromatic carbocycles. The van der Waals surface area contributed by atoms with E-state index in [2.05, 4.69) is 37.8 Å². The van der Waals surface area contributed by atoms with Crippen LogP contribution in [-0.4, -0.2) is 57.7 Å². The van der Waals surface area contributed by atoms with E-state index in [0.29, 0.717) is 13.1 Å². The number of aliphatic carboxylic acids is 1. The van der Waals surface area contributed by atoms with Crippen LogP contribution in [0.2, 0.25) is 0 Å². The van der Waals surface area contributed by atoms with E-state index in [1.165, 1.54) is 11.9 Å². The summed E-state index contributed by atoms with van der Waals surface area (Å²) >= 11 is 0. The van der Waals surface area contributed by atoms with Gasteiger partial charge in [-0.25, -0.2) is 9.97 Å². The van der Waals surface area contributed by atoms with Crippen molar-refractivity contribution in [2.75, 3.05) is 26.7 Å². The smallest absolute Gasteiger partial charge is 0.308 e.